The Balaban J connectivity index is 1.45. The summed E-state index contributed by atoms with van der Waals surface area (Å²) in [5, 5.41) is 9.50. The molecule has 0 unspecified atom stereocenters. The lowest BCUT2D eigenvalue weighted by Crippen LogP contribution is -2.47. The molecule has 1 aliphatic rings. The van der Waals surface area contributed by atoms with Crippen molar-refractivity contribution in [2.75, 3.05) is 49.7 Å². The van der Waals surface area contributed by atoms with Gasteiger partial charge in [-0.25, -0.2) is 4.98 Å². The van der Waals surface area contributed by atoms with Crippen LogP contribution in [0.25, 0.3) is 10.9 Å². The van der Waals surface area contributed by atoms with Crippen molar-refractivity contribution in [2.45, 2.75) is 32.7 Å². The van der Waals surface area contributed by atoms with Crippen LogP contribution in [0.4, 0.5) is 11.5 Å². The number of fused-ring (bicyclic) bond motifs is 1. The van der Waals surface area contributed by atoms with Crippen LogP contribution in [0.2, 0.25) is 0 Å². The summed E-state index contributed by atoms with van der Waals surface area (Å²) in [7, 11) is 1.62. The van der Waals surface area contributed by atoms with Gasteiger partial charge in [-0.2, -0.15) is 5.10 Å². The quantitative estimate of drug-likeness (QED) is 0.625. The van der Waals surface area contributed by atoms with E-state index in [1.54, 1.807) is 18.0 Å². The van der Waals surface area contributed by atoms with Gasteiger partial charge in [-0.3, -0.25) is 9.36 Å². The van der Waals surface area contributed by atoms with E-state index in [4.69, 9.17) is 4.74 Å². The highest BCUT2D eigenvalue weighted by Gasteiger charge is 2.21. The fraction of sp³-hybridized carbons (Fsp3) is 0.478. The number of methoxy groups -OCH3 is 1. The molecule has 0 atom stereocenters. The lowest BCUT2D eigenvalue weighted by Gasteiger charge is -2.36. The van der Waals surface area contributed by atoms with Crippen LogP contribution in [0, 0.1) is 0 Å². The van der Waals surface area contributed by atoms with Gasteiger partial charge in [0.1, 0.15) is 0 Å². The first-order valence-electron chi connectivity index (χ1n) is 10.7. The van der Waals surface area contributed by atoms with Crippen LogP contribution in [0.15, 0.2) is 41.5 Å². The highest BCUT2D eigenvalue weighted by Crippen LogP contribution is 2.24. The molecule has 0 N–H and O–H groups in total. The molecule has 0 spiro atoms. The highest BCUT2D eigenvalue weighted by atomic mass is 16.5. The Morgan fingerprint density at radius 2 is 1.74 bits per heavy atom. The fourth-order valence-electron chi connectivity index (χ4n) is 3.78. The van der Waals surface area contributed by atoms with Crippen molar-refractivity contribution in [3.8, 4) is 0 Å². The number of ether oxygens (including phenoxy) is 1. The Labute approximate surface area is 182 Å². The van der Waals surface area contributed by atoms with Gasteiger partial charge in [-0.15, -0.1) is 5.10 Å². The number of aromatic nitrogens is 4. The van der Waals surface area contributed by atoms with E-state index >= 15 is 0 Å². The Bertz CT molecular complexity index is 1100. The fourth-order valence-corrected chi connectivity index (χ4v) is 3.78. The van der Waals surface area contributed by atoms with E-state index in [9.17, 15) is 4.79 Å². The zero-order chi connectivity index (χ0) is 22.0. The minimum Gasteiger partial charge on any atom is -0.383 e. The standard InChI is InChI=1S/C23H30N6O2/c1-23(2,3)20-7-8-21(26-25-20)28-11-9-27(10-12-28)17-5-6-18-19(15-17)24-16-29(22(18)30)13-14-31-4/h5-8,15-16H,9-14H2,1-4H3. The molecule has 8 heteroatoms. The maximum absolute atomic E-state index is 12.6. The molecule has 0 radical (unpaired) electrons. The van der Waals surface area contributed by atoms with Crippen molar-refractivity contribution >= 4 is 22.4 Å². The van der Waals surface area contributed by atoms with Crippen LogP contribution in [0.1, 0.15) is 26.5 Å². The van der Waals surface area contributed by atoms with Gasteiger partial charge in [0.25, 0.3) is 5.56 Å². The molecule has 3 aromatic rings. The summed E-state index contributed by atoms with van der Waals surface area (Å²) in [6, 6.07) is 10.0. The van der Waals surface area contributed by atoms with Crippen LogP contribution in [-0.4, -0.2) is 59.6 Å². The van der Waals surface area contributed by atoms with Crippen LogP contribution in [-0.2, 0) is 16.7 Å². The van der Waals surface area contributed by atoms with E-state index in [0.717, 1.165) is 48.9 Å². The number of piperazine rings is 1. The number of benzene rings is 1. The van der Waals surface area contributed by atoms with Crippen molar-refractivity contribution in [1.82, 2.24) is 19.7 Å². The number of hydrogen-bond donors (Lipinski definition) is 0. The van der Waals surface area contributed by atoms with Gasteiger partial charge >= 0.3 is 0 Å². The van der Waals surface area contributed by atoms with Gasteiger partial charge in [0.05, 0.1) is 36.1 Å². The molecule has 0 aliphatic carbocycles. The molecule has 1 aliphatic heterocycles. The zero-order valence-corrected chi connectivity index (χ0v) is 18.7. The summed E-state index contributed by atoms with van der Waals surface area (Å²) in [5.41, 5.74) is 2.78. The first-order chi connectivity index (χ1) is 14.9. The second-order valence-electron chi connectivity index (χ2n) is 8.94. The Morgan fingerprint density at radius 1 is 1.00 bits per heavy atom. The third kappa shape index (κ3) is 4.54. The monoisotopic (exact) mass is 422 g/mol. The minimum absolute atomic E-state index is 0.00134. The Morgan fingerprint density at radius 3 is 2.39 bits per heavy atom. The molecule has 1 saturated heterocycles. The normalized spacial score (nSPS) is 15.0. The van der Waals surface area contributed by atoms with Crippen molar-refractivity contribution in [3.05, 3.63) is 52.7 Å². The van der Waals surface area contributed by atoms with E-state index in [0.29, 0.717) is 18.5 Å². The molecule has 0 amide bonds. The number of anilines is 2. The molecular formula is C23H30N6O2. The van der Waals surface area contributed by atoms with Crippen molar-refractivity contribution in [2.24, 2.45) is 0 Å². The van der Waals surface area contributed by atoms with Gasteiger partial charge in [-0.1, -0.05) is 20.8 Å². The second-order valence-corrected chi connectivity index (χ2v) is 8.94. The van der Waals surface area contributed by atoms with Crippen LogP contribution >= 0.6 is 0 Å². The molecular weight excluding hydrogens is 392 g/mol. The molecule has 164 valence electrons. The maximum Gasteiger partial charge on any atom is 0.261 e. The van der Waals surface area contributed by atoms with Gasteiger partial charge in [0.15, 0.2) is 5.82 Å². The van der Waals surface area contributed by atoms with Crippen LogP contribution in [0.3, 0.4) is 0 Å². The van der Waals surface area contributed by atoms with E-state index < -0.39 is 0 Å². The van der Waals surface area contributed by atoms with Crippen LogP contribution in [0.5, 0.6) is 0 Å². The third-order valence-electron chi connectivity index (χ3n) is 5.73. The lowest BCUT2D eigenvalue weighted by atomic mass is 9.92. The smallest absolute Gasteiger partial charge is 0.261 e. The summed E-state index contributed by atoms with van der Waals surface area (Å²) < 4.78 is 6.66. The Kier molecular flexibility index (Phi) is 5.91. The van der Waals surface area contributed by atoms with Gasteiger partial charge in [0.2, 0.25) is 0 Å². The molecule has 3 heterocycles. The van der Waals surface area contributed by atoms with Gasteiger partial charge in [-0.05, 0) is 30.3 Å². The summed E-state index contributed by atoms with van der Waals surface area (Å²) in [6.45, 7) is 10.9. The highest BCUT2D eigenvalue weighted by molar-refractivity contribution is 5.81. The number of rotatable bonds is 5. The van der Waals surface area contributed by atoms with Crippen molar-refractivity contribution in [3.63, 3.8) is 0 Å². The summed E-state index contributed by atoms with van der Waals surface area (Å²) >= 11 is 0. The molecule has 0 saturated carbocycles. The molecule has 0 bridgehead atoms. The Hall–Kier alpha value is -3.00. The predicted octanol–water partition coefficient (Wildman–Crippen LogP) is 2.46. The summed E-state index contributed by atoms with van der Waals surface area (Å²) in [5.74, 6) is 0.921. The average Bonchev–Trinajstić information content (AvgIpc) is 2.78. The molecule has 1 fully saturated rings. The van der Waals surface area contributed by atoms with E-state index in [2.05, 4.69) is 57.9 Å². The van der Waals surface area contributed by atoms with Crippen molar-refractivity contribution in [1.29, 1.82) is 0 Å². The lowest BCUT2D eigenvalue weighted by molar-refractivity contribution is 0.186. The predicted molar refractivity (Wildman–Crippen MR) is 123 cm³/mol. The SMILES string of the molecule is COCCn1cnc2cc(N3CCN(c4ccc(C(C)(C)C)nn4)CC3)ccc2c1=O. The minimum atomic E-state index is -0.0318. The third-order valence-corrected chi connectivity index (χ3v) is 5.73. The molecule has 1 aromatic carbocycles. The molecule has 2 aromatic heterocycles. The van der Waals surface area contributed by atoms with E-state index in [1.165, 1.54) is 0 Å². The van der Waals surface area contributed by atoms with Gasteiger partial charge in [0, 0.05) is 44.4 Å². The topological polar surface area (TPSA) is 76.4 Å². The largest absolute Gasteiger partial charge is 0.383 e. The number of hydrogen-bond acceptors (Lipinski definition) is 7. The van der Waals surface area contributed by atoms with Gasteiger partial charge < -0.3 is 14.5 Å². The molecule has 4 rings (SSSR count). The van der Waals surface area contributed by atoms with Crippen molar-refractivity contribution < 1.29 is 4.74 Å². The zero-order valence-electron chi connectivity index (χ0n) is 18.7. The second kappa shape index (κ2) is 8.63. The van der Waals surface area contributed by atoms with E-state index in [-0.39, 0.29) is 11.0 Å². The van der Waals surface area contributed by atoms with E-state index in [1.807, 2.05) is 18.2 Å². The summed E-state index contributed by atoms with van der Waals surface area (Å²) in [6.07, 6.45) is 1.60. The molecule has 31 heavy (non-hydrogen) atoms. The van der Waals surface area contributed by atoms with Crippen LogP contribution < -0.4 is 15.4 Å². The maximum atomic E-state index is 12.6. The first-order valence-corrected chi connectivity index (χ1v) is 10.7. The molecule has 8 nitrogen and oxygen atoms in total. The average molecular weight is 423 g/mol. The number of nitrogens with zero attached hydrogens (tertiary/aromatic N) is 6. The summed E-state index contributed by atoms with van der Waals surface area (Å²) in [4.78, 5) is 21.7. The first kappa shape index (κ1) is 21.2.